The van der Waals surface area contributed by atoms with Crippen LogP contribution in [0.25, 0.3) is 0 Å². The van der Waals surface area contributed by atoms with Gasteiger partial charge in [0.05, 0.1) is 17.9 Å². The van der Waals surface area contributed by atoms with Crippen molar-refractivity contribution in [2.45, 2.75) is 20.3 Å². The Hall–Kier alpha value is -1.38. The highest BCUT2D eigenvalue weighted by molar-refractivity contribution is 6.24. The van der Waals surface area contributed by atoms with Gasteiger partial charge in [-0.1, -0.05) is 19.6 Å². The van der Waals surface area contributed by atoms with Gasteiger partial charge in [0.25, 0.3) is 0 Å². The number of carbonyl (C=O) groups excluding carboxylic acids is 1. The number of ether oxygens (including phenoxy) is 1. The lowest BCUT2D eigenvalue weighted by atomic mass is 10.1. The molecule has 0 aromatic rings. The Balaban J connectivity index is 4.86. The molecule has 0 saturated heterocycles. The number of hydrogen-bond acceptors (Lipinski definition) is 3. The van der Waals surface area contributed by atoms with E-state index in [2.05, 4.69) is 11.6 Å². The fourth-order valence-electron chi connectivity index (χ4n) is 1.03. The van der Waals surface area contributed by atoms with Crippen LogP contribution in [0.5, 0.6) is 0 Å². The highest BCUT2D eigenvalue weighted by Gasteiger charge is 2.13. The Kier molecular flexibility index (Phi) is 6.37. The largest absolute Gasteiger partial charge is 0.462 e. The molecule has 0 atom stereocenters. The summed E-state index contributed by atoms with van der Waals surface area (Å²) in [5, 5.41) is 0. The van der Waals surface area contributed by atoms with Gasteiger partial charge < -0.3 is 4.74 Å². The van der Waals surface area contributed by atoms with Crippen LogP contribution in [0.2, 0.25) is 0 Å². The molecule has 0 N–H and O–H groups in total. The van der Waals surface area contributed by atoms with E-state index in [4.69, 9.17) is 4.74 Å². The molecule has 0 aliphatic carbocycles. The number of carbonyl (C=O) groups is 1. The molecule has 0 aromatic heterocycles. The first-order chi connectivity index (χ1) is 6.71. The predicted octanol–water partition coefficient (Wildman–Crippen LogP) is 2.14. The molecule has 0 aliphatic rings. The average molecular weight is 195 g/mol. The highest BCUT2D eigenvalue weighted by atomic mass is 16.5. The molecule has 0 bridgehead atoms. The molecular formula is C11H17NO2. The Morgan fingerprint density at radius 1 is 1.50 bits per heavy atom. The first kappa shape index (κ1) is 12.6. The van der Waals surface area contributed by atoms with E-state index in [1.54, 1.807) is 26.1 Å². The zero-order valence-corrected chi connectivity index (χ0v) is 9.04. The van der Waals surface area contributed by atoms with Crippen molar-refractivity contribution in [3.05, 3.63) is 24.3 Å². The minimum Gasteiger partial charge on any atom is -0.462 e. The average Bonchev–Trinajstić information content (AvgIpc) is 2.18. The number of hydrogen-bond donors (Lipinski definition) is 0. The van der Waals surface area contributed by atoms with Crippen molar-refractivity contribution in [1.82, 2.24) is 0 Å². The number of rotatable bonds is 5. The summed E-state index contributed by atoms with van der Waals surface area (Å²) in [6.07, 6.45) is 4.11. The Morgan fingerprint density at radius 2 is 2.14 bits per heavy atom. The maximum absolute atomic E-state index is 11.5. The number of allylic oxidation sites excluding steroid dienone is 2. The quantitative estimate of drug-likeness (QED) is 0.383. The van der Waals surface area contributed by atoms with Crippen molar-refractivity contribution < 1.29 is 9.53 Å². The molecule has 0 spiro atoms. The predicted molar refractivity (Wildman–Crippen MR) is 58.6 cm³/mol. The SMILES string of the molecule is C=CC(=NC)/C(=C\CC)C(=O)OCC. The van der Waals surface area contributed by atoms with Crippen molar-refractivity contribution in [3.8, 4) is 0 Å². The molecule has 0 saturated carbocycles. The maximum Gasteiger partial charge on any atom is 0.339 e. The third-order valence-electron chi connectivity index (χ3n) is 1.61. The van der Waals surface area contributed by atoms with E-state index in [0.29, 0.717) is 17.9 Å². The molecule has 0 amide bonds. The van der Waals surface area contributed by atoms with Gasteiger partial charge in [-0.2, -0.15) is 0 Å². The summed E-state index contributed by atoms with van der Waals surface area (Å²) in [7, 11) is 1.62. The lowest BCUT2D eigenvalue weighted by molar-refractivity contribution is -0.137. The third-order valence-corrected chi connectivity index (χ3v) is 1.61. The lowest BCUT2D eigenvalue weighted by Gasteiger charge is -2.05. The summed E-state index contributed by atoms with van der Waals surface area (Å²) in [6.45, 7) is 7.70. The van der Waals surface area contributed by atoms with Gasteiger partial charge >= 0.3 is 5.97 Å². The Labute approximate surface area is 85.2 Å². The second-order valence-electron chi connectivity index (χ2n) is 2.56. The molecule has 0 fully saturated rings. The van der Waals surface area contributed by atoms with Crippen LogP contribution in [0, 0.1) is 0 Å². The smallest absolute Gasteiger partial charge is 0.339 e. The summed E-state index contributed by atoms with van der Waals surface area (Å²) in [5.41, 5.74) is 1.07. The monoisotopic (exact) mass is 195 g/mol. The molecule has 3 heteroatoms. The zero-order valence-electron chi connectivity index (χ0n) is 9.04. The van der Waals surface area contributed by atoms with E-state index in [9.17, 15) is 4.79 Å². The van der Waals surface area contributed by atoms with E-state index in [1.807, 2.05) is 6.92 Å². The van der Waals surface area contributed by atoms with Crippen LogP contribution in [0.15, 0.2) is 29.3 Å². The van der Waals surface area contributed by atoms with Crippen molar-refractivity contribution in [1.29, 1.82) is 0 Å². The molecule has 3 nitrogen and oxygen atoms in total. The number of esters is 1. The fraction of sp³-hybridized carbons (Fsp3) is 0.455. The van der Waals surface area contributed by atoms with Gasteiger partial charge in [-0.25, -0.2) is 4.79 Å². The zero-order chi connectivity index (χ0) is 11.0. The van der Waals surface area contributed by atoms with Crippen LogP contribution in [-0.2, 0) is 9.53 Å². The second-order valence-corrected chi connectivity index (χ2v) is 2.56. The fourth-order valence-corrected chi connectivity index (χ4v) is 1.03. The van der Waals surface area contributed by atoms with Crippen LogP contribution < -0.4 is 0 Å². The van der Waals surface area contributed by atoms with E-state index in [-0.39, 0.29) is 5.97 Å². The van der Waals surface area contributed by atoms with Gasteiger partial charge in [0.15, 0.2) is 0 Å². The van der Waals surface area contributed by atoms with Gasteiger partial charge in [0, 0.05) is 7.05 Å². The standard InChI is InChI=1S/C11H17NO2/c1-5-8-9(10(6-2)12-4)11(13)14-7-3/h6,8H,2,5,7H2,1,3-4H3/b9-8+,12-10?. The number of aliphatic imine (C=N–C) groups is 1. The second kappa shape index (κ2) is 7.06. The van der Waals surface area contributed by atoms with Crippen LogP contribution in [0.1, 0.15) is 20.3 Å². The van der Waals surface area contributed by atoms with Crippen LogP contribution >= 0.6 is 0 Å². The van der Waals surface area contributed by atoms with Crippen molar-refractivity contribution in [2.75, 3.05) is 13.7 Å². The van der Waals surface area contributed by atoms with Crippen LogP contribution in [0.4, 0.5) is 0 Å². The first-order valence-electron chi connectivity index (χ1n) is 4.68. The molecule has 0 radical (unpaired) electrons. The van der Waals surface area contributed by atoms with Crippen LogP contribution in [-0.4, -0.2) is 25.3 Å². The topological polar surface area (TPSA) is 38.7 Å². The van der Waals surface area contributed by atoms with E-state index >= 15 is 0 Å². The molecular weight excluding hydrogens is 178 g/mol. The molecule has 0 aliphatic heterocycles. The minimum absolute atomic E-state index is 0.338. The van der Waals surface area contributed by atoms with Gasteiger partial charge in [0.2, 0.25) is 0 Å². The minimum atomic E-state index is -0.338. The maximum atomic E-state index is 11.5. The van der Waals surface area contributed by atoms with Crippen molar-refractivity contribution >= 4 is 11.7 Å². The van der Waals surface area contributed by atoms with Crippen molar-refractivity contribution in [3.63, 3.8) is 0 Å². The normalized spacial score (nSPS) is 12.5. The Morgan fingerprint density at radius 3 is 2.50 bits per heavy atom. The highest BCUT2D eigenvalue weighted by Crippen LogP contribution is 2.04. The molecule has 0 heterocycles. The van der Waals surface area contributed by atoms with E-state index in [1.165, 1.54) is 0 Å². The lowest BCUT2D eigenvalue weighted by Crippen LogP contribution is -2.14. The molecule has 78 valence electrons. The summed E-state index contributed by atoms with van der Waals surface area (Å²) < 4.78 is 4.91. The molecule has 0 rings (SSSR count). The van der Waals surface area contributed by atoms with E-state index in [0.717, 1.165) is 6.42 Å². The Bertz CT molecular complexity index is 264. The van der Waals surface area contributed by atoms with E-state index < -0.39 is 0 Å². The summed E-state index contributed by atoms with van der Waals surface area (Å²) in [6, 6.07) is 0. The van der Waals surface area contributed by atoms with Gasteiger partial charge in [-0.15, -0.1) is 0 Å². The van der Waals surface area contributed by atoms with Gasteiger partial charge in [-0.05, 0) is 19.4 Å². The first-order valence-corrected chi connectivity index (χ1v) is 4.68. The summed E-state index contributed by atoms with van der Waals surface area (Å²) >= 11 is 0. The van der Waals surface area contributed by atoms with Crippen molar-refractivity contribution in [2.24, 2.45) is 4.99 Å². The third kappa shape index (κ3) is 3.56. The summed E-state index contributed by atoms with van der Waals surface area (Å²) in [4.78, 5) is 15.4. The molecule has 0 aromatic carbocycles. The molecule has 14 heavy (non-hydrogen) atoms. The van der Waals surface area contributed by atoms with Crippen LogP contribution in [0.3, 0.4) is 0 Å². The number of nitrogens with zero attached hydrogens (tertiary/aromatic N) is 1. The summed E-state index contributed by atoms with van der Waals surface area (Å²) in [5.74, 6) is -0.338. The molecule has 0 unspecified atom stereocenters. The van der Waals surface area contributed by atoms with Gasteiger partial charge in [-0.3, -0.25) is 4.99 Å². The van der Waals surface area contributed by atoms with Gasteiger partial charge in [0.1, 0.15) is 0 Å².